The van der Waals surface area contributed by atoms with Crippen LogP contribution in [0.4, 0.5) is 0 Å². The minimum absolute atomic E-state index is 0.220. The van der Waals surface area contributed by atoms with Gasteiger partial charge in [-0.05, 0) is 31.1 Å². The highest BCUT2D eigenvalue weighted by Crippen LogP contribution is 2.03. The van der Waals surface area contributed by atoms with E-state index in [9.17, 15) is 5.21 Å². The van der Waals surface area contributed by atoms with E-state index >= 15 is 0 Å². The van der Waals surface area contributed by atoms with Crippen LogP contribution in [0, 0.1) is 5.21 Å². The van der Waals surface area contributed by atoms with Gasteiger partial charge in [0.1, 0.15) is 6.54 Å². The fraction of sp³-hybridized carbons (Fsp3) is 0.429. The van der Waals surface area contributed by atoms with E-state index in [1.165, 1.54) is 11.1 Å². The largest absolute Gasteiger partial charge is 0.629 e. The number of quaternary nitrogens is 1. The van der Waals surface area contributed by atoms with Gasteiger partial charge in [0.15, 0.2) is 0 Å². The Hall–Kier alpha value is -0.600. The van der Waals surface area contributed by atoms with Crippen molar-refractivity contribution in [3.8, 4) is 0 Å². The third-order valence-corrected chi connectivity index (χ3v) is 1.63. The lowest BCUT2D eigenvalue weighted by Gasteiger charge is -2.21. The topological polar surface area (TPSA) is 27.5 Å². The summed E-state index contributed by atoms with van der Waals surface area (Å²) in [5, 5.41) is 10.9. The van der Waals surface area contributed by atoms with Gasteiger partial charge in [-0.1, -0.05) is 0 Å². The first kappa shape index (κ1) is 6.52. The summed E-state index contributed by atoms with van der Waals surface area (Å²) >= 11 is 0. The molecule has 1 rings (SSSR count). The SMILES string of the molecule is CC1=C(C)C[NH+]([O-])C=C1. The standard InChI is InChI=1S/C7H11NO/c1-6-3-4-8(9)5-7(6)2/h3-4,8H,5H2,1-2H3. The van der Waals surface area contributed by atoms with E-state index in [-0.39, 0.29) is 5.06 Å². The molecule has 1 N–H and O–H groups in total. The molecule has 1 atom stereocenters. The quantitative estimate of drug-likeness (QED) is 0.461. The van der Waals surface area contributed by atoms with Gasteiger partial charge >= 0.3 is 0 Å². The Kier molecular flexibility index (Phi) is 1.69. The van der Waals surface area contributed by atoms with E-state index < -0.39 is 0 Å². The van der Waals surface area contributed by atoms with Crippen LogP contribution in [0.3, 0.4) is 0 Å². The second kappa shape index (κ2) is 2.33. The van der Waals surface area contributed by atoms with Gasteiger partial charge in [0.25, 0.3) is 0 Å². The lowest BCUT2D eigenvalue weighted by atomic mass is 10.1. The third-order valence-electron chi connectivity index (χ3n) is 1.63. The van der Waals surface area contributed by atoms with E-state index in [4.69, 9.17) is 0 Å². The van der Waals surface area contributed by atoms with Gasteiger partial charge in [0, 0.05) is 0 Å². The van der Waals surface area contributed by atoms with Crippen LogP contribution in [-0.2, 0) is 0 Å². The average molecular weight is 125 g/mol. The highest BCUT2D eigenvalue weighted by molar-refractivity contribution is 5.23. The zero-order valence-electron chi connectivity index (χ0n) is 5.77. The molecular formula is C7H11NO. The normalized spacial score (nSPS) is 27.2. The molecule has 0 radical (unpaired) electrons. The van der Waals surface area contributed by atoms with Crippen LogP contribution >= 0.6 is 0 Å². The maximum atomic E-state index is 10.7. The Labute approximate surface area is 55.1 Å². The molecule has 1 aliphatic rings. The molecule has 0 bridgehead atoms. The first-order chi connectivity index (χ1) is 4.20. The van der Waals surface area contributed by atoms with Crippen molar-refractivity contribution in [1.29, 1.82) is 0 Å². The molecular weight excluding hydrogens is 114 g/mol. The molecule has 0 amide bonds. The van der Waals surface area contributed by atoms with Crippen molar-refractivity contribution >= 4 is 0 Å². The van der Waals surface area contributed by atoms with Gasteiger partial charge in [-0.15, -0.1) is 0 Å². The van der Waals surface area contributed by atoms with Crippen LogP contribution in [-0.4, -0.2) is 6.54 Å². The fourth-order valence-electron chi connectivity index (χ4n) is 0.820. The van der Waals surface area contributed by atoms with Crippen molar-refractivity contribution < 1.29 is 5.06 Å². The summed E-state index contributed by atoms with van der Waals surface area (Å²) < 4.78 is 0. The van der Waals surface area contributed by atoms with Gasteiger partial charge in [0.2, 0.25) is 0 Å². The molecule has 50 valence electrons. The second-order valence-corrected chi connectivity index (χ2v) is 2.44. The number of hydrogen-bond donors (Lipinski definition) is 1. The molecule has 1 unspecified atom stereocenters. The zero-order valence-corrected chi connectivity index (χ0v) is 5.77. The van der Waals surface area contributed by atoms with Crippen LogP contribution < -0.4 is 5.06 Å². The van der Waals surface area contributed by atoms with Crippen LogP contribution in [0.2, 0.25) is 0 Å². The summed E-state index contributed by atoms with van der Waals surface area (Å²) in [7, 11) is 0. The van der Waals surface area contributed by atoms with Gasteiger partial charge < -0.3 is 10.3 Å². The van der Waals surface area contributed by atoms with E-state index in [1.807, 2.05) is 19.9 Å². The van der Waals surface area contributed by atoms with Gasteiger partial charge in [0.05, 0.1) is 6.20 Å². The van der Waals surface area contributed by atoms with Crippen molar-refractivity contribution in [2.24, 2.45) is 0 Å². The fourth-order valence-corrected chi connectivity index (χ4v) is 0.820. The predicted octanol–water partition coefficient (Wildman–Crippen LogP) is 0.233. The number of allylic oxidation sites excluding steroid dienone is 2. The van der Waals surface area contributed by atoms with Crippen LogP contribution in [0.1, 0.15) is 13.8 Å². The summed E-state index contributed by atoms with van der Waals surface area (Å²) in [4.78, 5) is 0. The van der Waals surface area contributed by atoms with Crippen LogP contribution in [0.25, 0.3) is 0 Å². The lowest BCUT2D eigenvalue weighted by molar-refractivity contribution is -0.786. The molecule has 2 nitrogen and oxygen atoms in total. The Morgan fingerprint density at radius 1 is 1.56 bits per heavy atom. The molecule has 0 saturated carbocycles. The van der Waals surface area contributed by atoms with Crippen molar-refractivity contribution in [2.75, 3.05) is 6.54 Å². The molecule has 9 heavy (non-hydrogen) atoms. The monoisotopic (exact) mass is 125 g/mol. The van der Waals surface area contributed by atoms with Crippen molar-refractivity contribution in [1.82, 2.24) is 0 Å². The Morgan fingerprint density at radius 3 is 2.67 bits per heavy atom. The zero-order chi connectivity index (χ0) is 6.85. The minimum atomic E-state index is 0.220. The Balaban J connectivity index is 2.75. The summed E-state index contributed by atoms with van der Waals surface area (Å²) in [6.45, 7) is 4.64. The number of hydroxylamine groups is 2. The van der Waals surface area contributed by atoms with Crippen LogP contribution in [0.5, 0.6) is 0 Å². The molecule has 1 heterocycles. The average Bonchev–Trinajstić information content (AvgIpc) is 1.80. The highest BCUT2D eigenvalue weighted by atomic mass is 16.5. The molecule has 1 aliphatic heterocycles. The molecule has 0 fully saturated rings. The van der Waals surface area contributed by atoms with Crippen molar-refractivity contribution in [3.05, 3.63) is 28.6 Å². The maximum absolute atomic E-state index is 10.7. The van der Waals surface area contributed by atoms with E-state index in [0.29, 0.717) is 6.54 Å². The van der Waals surface area contributed by atoms with E-state index in [1.54, 1.807) is 6.20 Å². The lowest BCUT2D eigenvalue weighted by Crippen LogP contribution is -3.02. The van der Waals surface area contributed by atoms with E-state index in [0.717, 1.165) is 0 Å². The highest BCUT2D eigenvalue weighted by Gasteiger charge is 2.03. The first-order valence-corrected chi connectivity index (χ1v) is 3.07. The third kappa shape index (κ3) is 1.40. The van der Waals surface area contributed by atoms with Gasteiger partial charge in [-0.25, -0.2) is 0 Å². The molecule has 0 aromatic heterocycles. The Bertz CT molecular complexity index is 170. The number of hydrogen-bond acceptors (Lipinski definition) is 1. The summed E-state index contributed by atoms with van der Waals surface area (Å²) in [5.74, 6) is 0. The number of nitrogens with one attached hydrogen (secondary N) is 1. The molecule has 2 heteroatoms. The molecule has 0 saturated heterocycles. The molecule has 0 spiro atoms. The summed E-state index contributed by atoms with van der Waals surface area (Å²) in [6, 6.07) is 0. The summed E-state index contributed by atoms with van der Waals surface area (Å²) in [5.41, 5.74) is 2.43. The van der Waals surface area contributed by atoms with Crippen molar-refractivity contribution in [2.45, 2.75) is 13.8 Å². The maximum Gasteiger partial charge on any atom is 0.103 e. The molecule has 0 aromatic carbocycles. The van der Waals surface area contributed by atoms with Crippen LogP contribution in [0.15, 0.2) is 23.4 Å². The first-order valence-electron chi connectivity index (χ1n) is 3.07. The minimum Gasteiger partial charge on any atom is -0.629 e. The van der Waals surface area contributed by atoms with Gasteiger partial charge in [-0.2, -0.15) is 0 Å². The summed E-state index contributed by atoms with van der Waals surface area (Å²) in [6.07, 6.45) is 3.52. The smallest absolute Gasteiger partial charge is 0.103 e. The predicted molar refractivity (Wildman–Crippen MR) is 36.7 cm³/mol. The molecule has 0 aliphatic carbocycles. The van der Waals surface area contributed by atoms with Gasteiger partial charge in [-0.3, -0.25) is 0 Å². The van der Waals surface area contributed by atoms with Crippen molar-refractivity contribution in [3.63, 3.8) is 0 Å². The second-order valence-electron chi connectivity index (χ2n) is 2.44. The molecule has 0 aromatic rings. The number of rotatable bonds is 0. The van der Waals surface area contributed by atoms with E-state index in [2.05, 4.69) is 0 Å². The Morgan fingerprint density at radius 2 is 2.22 bits per heavy atom.